The summed E-state index contributed by atoms with van der Waals surface area (Å²) in [6.45, 7) is 2.40. The van der Waals surface area contributed by atoms with E-state index in [2.05, 4.69) is 10.3 Å². The smallest absolute Gasteiger partial charge is 0.274 e. The molecule has 0 saturated heterocycles. The minimum absolute atomic E-state index is 0.239. The fourth-order valence-electron chi connectivity index (χ4n) is 3.13. The minimum Gasteiger partial charge on any atom is -0.489 e. The van der Waals surface area contributed by atoms with Gasteiger partial charge in [0.2, 0.25) is 0 Å². The van der Waals surface area contributed by atoms with Crippen LogP contribution < -0.4 is 10.1 Å². The molecule has 0 spiro atoms. The third-order valence-electron chi connectivity index (χ3n) is 4.64. The first-order valence-corrected chi connectivity index (χ1v) is 10.2. The van der Waals surface area contributed by atoms with Gasteiger partial charge in [-0.05, 0) is 60.5 Å². The quantitative estimate of drug-likeness (QED) is 0.398. The van der Waals surface area contributed by atoms with Crippen LogP contribution in [0.3, 0.4) is 0 Å². The molecule has 5 nitrogen and oxygen atoms in total. The molecule has 2 heterocycles. The molecule has 0 saturated carbocycles. The van der Waals surface area contributed by atoms with Crippen LogP contribution in [0.15, 0.2) is 66.9 Å². The molecule has 30 heavy (non-hydrogen) atoms. The fraction of sp³-hybridized carbons (Fsp3) is 0.130. The Bertz CT molecular complexity index is 1190. The average Bonchev–Trinajstić information content (AvgIpc) is 3.12. The molecule has 0 aliphatic rings. The molecule has 2 aromatic heterocycles. The number of aryl methyl sites for hydroxylation is 1. The number of amides is 1. The molecule has 1 N–H and O–H groups in total. The van der Waals surface area contributed by atoms with Crippen LogP contribution in [0.25, 0.3) is 5.65 Å². The summed E-state index contributed by atoms with van der Waals surface area (Å²) in [6, 6.07) is 18.3. The lowest BCUT2D eigenvalue weighted by Gasteiger charge is -2.09. The van der Waals surface area contributed by atoms with Crippen LogP contribution in [0, 0.1) is 0 Å². The van der Waals surface area contributed by atoms with E-state index in [1.165, 1.54) is 0 Å². The van der Waals surface area contributed by atoms with Gasteiger partial charge in [0.25, 0.3) is 5.91 Å². The molecule has 0 atom stereocenters. The second kappa shape index (κ2) is 8.78. The van der Waals surface area contributed by atoms with Gasteiger partial charge in [-0.2, -0.15) is 0 Å². The topological polar surface area (TPSA) is 55.6 Å². The SMILES string of the molecule is CCc1nc2ccc(Cl)cn2c1C(=O)Nc1ccc(OCc2ccc(Cl)cc2)cc1. The van der Waals surface area contributed by atoms with Crippen molar-refractivity contribution in [2.45, 2.75) is 20.0 Å². The summed E-state index contributed by atoms with van der Waals surface area (Å²) in [5.74, 6) is 0.468. The van der Waals surface area contributed by atoms with Gasteiger partial charge in [0.15, 0.2) is 0 Å². The van der Waals surface area contributed by atoms with Gasteiger partial charge in [-0.1, -0.05) is 42.3 Å². The normalized spacial score (nSPS) is 10.9. The lowest BCUT2D eigenvalue weighted by molar-refractivity contribution is 0.102. The first-order chi connectivity index (χ1) is 14.5. The van der Waals surface area contributed by atoms with Crippen LogP contribution in [-0.2, 0) is 13.0 Å². The van der Waals surface area contributed by atoms with E-state index in [1.54, 1.807) is 34.9 Å². The number of nitrogens with zero attached hydrogens (tertiary/aromatic N) is 2. The highest BCUT2D eigenvalue weighted by Crippen LogP contribution is 2.21. The largest absolute Gasteiger partial charge is 0.489 e. The highest BCUT2D eigenvalue weighted by Gasteiger charge is 2.18. The highest BCUT2D eigenvalue weighted by atomic mass is 35.5. The Kier molecular flexibility index (Phi) is 5.93. The maximum absolute atomic E-state index is 12.9. The van der Waals surface area contributed by atoms with E-state index >= 15 is 0 Å². The number of benzene rings is 2. The summed E-state index contributed by atoms with van der Waals surface area (Å²) in [6.07, 6.45) is 2.34. The number of carbonyl (C=O) groups is 1. The van der Waals surface area contributed by atoms with Crippen molar-refractivity contribution in [1.29, 1.82) is 0 Å². The van der Waals surface area contributed by atoms with Crippen molar-refractivity contribution in [2.75, 3.05) is 5.32 Å². The van der Waals surface area contributed by atoms with Crippen molar-refractivity contribution in [3.63, 3.8) is 0 Å². The van der Waals surface area contributed by atoms with Crippen LogP contribution in [0.5, 0.6) is 5.75 Å². The molecule has 0 aliphatic heterocycles. The molecule has 0 aliphatic carbocycles. The number of halogens is 2. The van der Waals surface area contributed by atoms with Gasteiger partial charge in [-0.25, -0.2) is 4.98 Å². The van der Waals surface area contributed by atoms with Crippen LogP contribution in [0.2, 0.25) is 10.0 Å². The maximum atomic E-state index is 12.9. The summed E-state index contributed by atoms with van der Waals surface area (Å²) in [5.41, 5.74) is 3.58. The lowest BCUT2D eigenvalue weighted by Crippen LogP contribution is -2.16. The second-order valence-electron chi connectivity index (χ2n) is 6.73. The number of carbonyl (C=O) groups excluding carboxylic acids is 1. The molecule has 4 aromatic rings. The molecule has 152 valence electrons. The minimum atomic E-state index is -0.239. The van der Waals surface area contributed by atoms with Crippen LogP contribution >= 0.6 is 23.2 Å². The second-order valence-corrected chi connectivity index (χ2v) is 7.60. The van der Waals surface area contributed by atoms with Crippen LogP contribution in [-0.4, -0.2) is 15.3 Å². The van der Waals surface area contributed by atoms with E-state index in [0.29, 0.717) is 45.9 Å². The zero-order chi connectivity index (χ0) is 21.1. The average molecular weight is 440 g/mol. The van der Waals surface area contributed by atoms with Gasteiger partial charge in [0, 0.05) is 16.9 Å². The third-order valence-corrected chi connectivity index (χ3v) is 5.11. The molecule has 7 heteroatoms. The van der Waals surface area contributed by atoms with Crippen molar-refractivity contribution >= 4 is 40.4 Å². The Balaban J connectivity index is 1.47. The number of aromatic nitrogens is 2. The van der Waals surface area contributed by atoms with E-state index in [0.717, 1.165) is 11.3 Å². The van der Waals surface area contributed by atoms with Gasteiger partial charge in [-0.3, -0.25) is 9.20 Å². The highest BCUT2D eigenvalue weighted by molar-refractivity contribution is 6.30. The number of imidazole rings is 1. The van der Waals surface area contributed by atoms with E-state index in [9.17, 15) is 4.79 Å². The summed E-state index contributed by atoms with van der Waals surface area (Å²) in [7, 11) is 0. The predicted octanol–water partition coefficient (Wildman–Crippen LogP) is 6.03. The Morgan fingerprint density at radius 3 is 2.40 bits per heavy atom. The van der Waals surface area contributed by atoms with E-state index in [4.69, 9.17) is 27.9 Å². The Labute approximate surface area is 184 Å². The molecule has 2 aromatic carbocycles. The Morgan fingerprint density at radius 1 is 1.00 bits per heavy atom. The van der Waals surface area contributed by atoms with Gasteiger partial charge in [0.05, 0.1) is 10.7 Å². The van der Waals surface area contributed by atoms with Crippen molar-refractivity contribution < 1.29 is 9.53 Å². The number of anilines is 1. The first-order valence-electron chi connectivity index (χ1n) is 9.48. The van der Waals surface area contributed by atoms with Gasteiger partial charge in [-0.15, -0.1) is 0 Å². The molecule has 4 rings (SSSR count). The molecule has 0 radical (unpaired) electrons. The van der Waals surface area contributed by atoms with Crippen LogP contribution in [0.1, 0.15) is 28.7 Å². The predicted molar refractivity (Wildman–Crippen MR) is 120 cm³/mol. The molecule has 0 fully saturated rings. The third kappa shape index (κ3) is 4.42. The number of fused-ring (bicyclic) bond motifs is 1. The summed E-state index contributed by atoms with van der Waals surface area (Å²) < 4.78 is 7.51. The summed E-state index contributed by atoms with van der Waals surface area (Å²) in [4.78, 5) is 17.5. The summed E-state index contributed by atoms with van der Waals surface area (Å²) >= 11 is 12.0. The fourth-order valence-corrected chi connectivity index (χ4v) is 3.41. The van der Waals surface area contributed by atoms with Gasteiger partial charge in [0.1, 0.15) is 23.7 Å². The lowest BCUT2D eigenvalue weighted by atomic mass is 10.2. The number of pyridine rings is 1. The van der Waals surface area contributed by atoms with Crippen molar-refractivity contribution in [2.24, 2.45) is 0 Å². The van der Waals surface area contributed by atoms with E-state index in [1.807, 2.05) is 43.3 Å². The first kappa shape index (κ1) is 20.3. The zero-order valence-corrected chi connectivity index (χ0v) is 17.7. The molecule has 0 bridgehead atoms. The van der Waals surface area contributed by atoms with Crippen molar-refractivity contribution in [3.05, 3.63) is 93.9 Å². The van der Waals surface area contributed by atoms with Crippen LogP contribution in [0.4, 0.5) is 5.69 Å². The van der Waals surface area contributed by atoms with E-state index in [-0.39, 0.29) is 5.91 Å². The number of hydrogen-bond donors (Lipinski definition) is 1. The van der Waals surface area contributed by atoms with Gasteiger partial charge >= 0.3 is 0 Å². The van der Waals surface area contributed by atoms with E-state index < -0.39 is 0 Å². The Hall–Kier alpha value is -3.02. The maximum Gasteiger partial charge on any atom is 0.274 e. The molecular weight excluding hydrogens is 421 g/mol. The molecule has 0 unspecified atom stereocenters. The Morgan fingerprint density at radius 2 is 1.70 bits per heavy atom. The summed E-state index contributed by atoms with van der Waals surface area (Å²) in [5, 5.41) is 4.16. The number of ether oxygens (including phenoxy) is 1. The number of rotatable bonds is 6. The standard InChI is InChI=1S/C23H19Cl2N3O2/c1-2-20-22(28-13-17(25)7-12-21(28)27-20)23(29)26-18-8-10-19(11-9-18)30-14-15-3-5-16(24)6-4-15/h3-13H,2,14H2,1H3,(H,26,29). The molecular formula is C23H19Cl2N3O2. The number of nitrogens with one attached hydrogen (secondary N) is 1. The van der Waals surface area contributed by atoms with Crippen molar-refractivity contribution in [3.8, 4) is 5.75 Å². The van der Waals surface area contributed by atoms with Gasteiger partial charge < -0.3 is 10.1 Å². The zero-order valence-electron chi connectivity index (χ0n) is 16.2. The monoisotopic (exact) mass is 439 g/mol. The molecule has 1 amide bonds. The number of hydrogen-bond acceptors (Lipinski definition) is 3. The van der Waals surface area contributed by atoms with Crippen molar-refractivity contribution in [1.82, 2.24) is 9.38 Å².